The van der Waals surface area contributed by atoms with Crippen LogP contribution in [0.4, 0.5) is 5.69 Å². The van der Waals surface area contributed by atoms with Gasteiger partial charge >= 0.3 is 0 Å². The van der Waals surface area contributed by atoms with Crippen LogP contribution in [-0.2, 0) is 13.1 Å². The standard InChI is InChI=1S/C17H21N3/c1-20(17-8-3-2-4-9-17)13-16-7-5-6-15(19-16)12-18-14-10-11-14/h2-9,14,18H,10-13H2,1H3. The van der Waals surface area contributed by atoms with E-state index >= 15 is 0 Å². The Hall–Kier alpha value is -1.87. The van der Waals surface area contributed by atoms with E-state index in [1.165, 1.54) is 18.5 Å². The molecule has 1 aromatic carbocycles. The molecule has 0 bridgehead atoms. The second-order valence-corrected chi connectivity index (χ2v) is 5.47. The molecule has 0 amide bonds. The molecule has 1 aromatic heterocycles. The van der Waals surface area contributed by atoms with Crippen molar-refractivity contribution in [3.63, 3.8) is 0 Å². The summed E-state index contributed by atoms with van der Waals surface area (Å²) in [4.78, 5) is 6.96. The predicted octanol–water partition coefficient (Wildman–Crippen LogP) is 2.97. The van der Waals surface area contributed by atoms with E-state index in [9.17, 15) is 0 Å². The topological polar surface area (TPSA) is 28.2 Å². The second kappa shape index (κ2) is 6.06. The summed E-state index contributed by atoms with van der Waals surface area (Å²) in [5.74, 6) is 0. The average Bonchev–Trinajstić information content (AvgIpc) is 3.31. The van der Waals surface area contributed by atoms with Crippen LogP contribution in [0.5, 0.6) is 0 Å². The van der Waals surface area contributed by atoms with Crippen molar-refractivity contribution in [2.75, 3.05) is 11.9 Å². The van der Waals surface area contributed by atoms with Crippen LogP contribution < -0.4 is 10.2 Å². The van der Waals surface area contributed by atoms with Crippen LogP contribution in [0, 0.1) is 0 Å². The number of para-hydroxylation sites is 1. The van der Waals surface area contributed by atoms with Gasteiger partial charge in [-0.25, -0.2) is 0 Å². The van der Waals surface area contributed by atoms with Crippen molar-refractivity contribution in [1.29, 1.82) is 0 Å². The summed E-state index contributed by atoms with van der Waals surface area (Å²) in [7, 11) is 2.10. The monoisotopic (exact) mass is 267 g/mol. The van der Waals surface area contributed by atoms with E-state index < -0.39 is 0 Å². The van der Waals surface area contributed by atoms with Gasteiger partial charge in [-0.3, -0.25) is 4.98 Å². The molecule has 1 aliphatic carbocycles. The maximum absolute atomic E-state index is 4.73. The Balaban J connectivity index is 1.62. The van der Waals surface area contributed by atoms with Gasteiger partial charge in [-0.2, -0.15) is 0 Å². The molecule has 1 aliphatic rings. The lowest BCUT2D eigenvalue weighted by atomic mass is 10.2. The fourth-order valence-electron chi connectivity index (χ4n) is 2.27. The highest BCUT2D eigenvalue weighted by molar-refractivity contribution is 5.45. The molecule has 3 nitrogen and oxygen atoms in total. The Labute approximate surface area is 120 Å². The van der Waals surface area contributed by atoms with E-state index in [-0.39, 0.29) is 0 Å². The number of hydrogen-bond donors (Lipinski definition) is 1. The minimum absolute atomic E-state index is 0.729. The largest absolute Gasteiger partial charge is 0.369 e. The first-order chi connectivity index (χ1) is 9.81. The van der Waals surface area contributed by atoms with Crippen LogP contribution in [-0.4, -0.2) is 18.1 Å². The first kappa shape index (κ1) is 13.1. The predicted molar refractivity (Wildman–Crippen MR) is 82.6 cm³/mol. The number of hydrogen-bond acceptors (Lipinski definition) is 3. The van der Waals surface area contributed by atoms with E-state index in [1.54, 1.807) is 0 Å². The van der Waals surface area contributed by atoms with Gasteiger partial charge in [-0.05, 0) is 37.1 Å². The summed E-state index contributed by atoms with van der Waals surface area (Å²) in [5, 5.41) is 3.51. The summed E-state index contributed by atoms with van der Waals surface area (Å²) in [6, 6.07) is 17.4. The molecular weight excluding hydrogens is 246 g/mol. The first-order valence-electron chi connectivity index (χ1n) is 7.25. The van der Waals surface area contributed by atoms with Crippen LogP contribution >= 0.6 is 0 Å². The van der Waals surface area contributed by atoms with Gasteiger partial charge in [0.1, 0.15) is 0 Å². The molecule has 1 heterocycles. The van der Waals surface area contributed by atoms with Crippen molar-refractivity contribution >= 4 is 5.69 Å². The van der Waals surface area contributed by atoms with Crippen molar-refractivity contribution in [2.45, 2.75) is 32.0 Å². The maximum Gasteiger partial charge on any atom is 0.0600 e. The van der Waals surface area contributed by atoms with Crippen LogP contribution in [0.1, 0.15) is 24.2 Å². The molecule has 3 heteroatoms. The van der Waals surface area contributed by atoms with Gasteiger partial charge in [0.15, 0.2) is 0 Å². The molecule has 0 radical (unpaired) electrons. The molecule has 104 valence electrons. The molecule has 0 spiro atoms. The maximum atomic E-state index is 4.73. The number of aromatic nitrogens is 1. The second-order valence-electron chi connectivity index (χ2n) is 5.47. The zero-order valence-electron chi connectivity index (χ0n) is 11.9. The molecule has 1 N–H and O–H groups in total. The summed E-state index contributed by atoms with van der Waals surface area (Å²) in [6.45, 7) is 1.72. The van der Waals surface area contributed by atoms with Crippen LogP contribution in [0.3, 0.4) is 0 Å². The average molecular weight is 267 g/mol. The molecule has 1 saturated carbocycles. The Kier molecular flexibility index (Phi) is 3.97. The molecule has 0 aliphatic heterocycles. The highest BCUT2D eigenvalue weighted by Gasteiger charge is 2.20. The van der Waals surface area contributed by atoms with E-state index in [2.05, 4.69) is 59.7 Å². The summed E-state index contributed by atoms with van der Waals surface area (Å²) in [5.41, 5.74) is 3.47. The summed E-state index contributed by atoms with van der Waals surface area (Å²) >= 11 is 0. The fourth-order valence-corrected chi connectivity index (χ4v) is 2.27. The van der Waals surface area contributed by atoms with Crippen LogP contribution in [0.25, 0.3) is 0 Å². The van der Waals surface area contributed by atoms with Gasteiger partial charge in [0.2, 0.25) is 0 Å². The smallest absolute Gasteiger partial charge is 0.0600 e. The highest BCUT2D eigenvalue weighted by atomic mass is 15.1. The minimum atomic E-state index is 0.729. The van der Waals surface area contributed by atoms with Crippen molar-refractivity contribution in [1.82, 2.24) is 10.3 Å². The van der Waals surface area contributed by atoms with Crippen molar-refractivity contribution in [3.05, 3.63) is 59.9 Å². The molecule has 0 unspecified atom stereocenters. The Bertz CT molecular complexity index is 549. The van der Waals surface area contributed by atoms with E-state index in [0.29, 0.717) is 0 Å². The lowest BCUT2D eigenvalue weighted by Crippen LogP contribution is -2.19. The number of nitrogens with one attached hydrogen (secondary N) is 1. The van der Waals surface area contributed by atoms with E-state index in [4.69, 9.17) is 4.98 Å². The lowest BCUT2D eigenvalue weighted by molar-refractivity contribution is 0.670. The number of pyridine rings is 1. The molecular formula is C17H21N3. The molecule has 1 fully saturated rings. The van der Waals surface area contributed by atoms with Gasteiger partial charge in [0.25, 0.3) is 0 Å². The molecule has 0 atom stereocenters. The van der Waals surface area contributed by atoms with Crippen molar-refractivity contribution < 1.29 is 0 Å². The summed E-state index contributed by atoms with van der Waals surface area (Å²) < 4.78 is 0. The van der Waals surface area contributed by atoms with Gasteiger partial charge < -0.3 is 10.2 Å². The van der Waals surface area contributed by atoms with Crippen molar-refractivity contribution in [2.24, 2.45) is 0 Å². The highest BCUT2D eigenvalue weighted by Crippen LogP contribution is 2.19. The minimum Gasteiger partial charge on any atom is -0.369 e. The molecule has 3 rings (SSSR count). The molecule has 2 aromatic rings. The number of nitrogens with zero attached hydrogens (tertiary/aromatic N) is 2. The lowest BCUT2D eigenvalue weighted by Gasteiger charge is -2.19. The fraction of sp³-hybridized carbons (Fsp3) is 0.353. The Morgan fingerprint density at radius 1 is 1.05 bits per heavy atom. The number of anilines is 1. The number of benzene rings is 1. The first-order valence-corrected chi connectivity index (χ1v) is 7.25. The third-order valence-corrected chi connectivity index (χ3v) is 3.61. The van der Waals surface area contributed by atoms with Crippen LogP contribution in [0.2, 0.25) is 0 Å². The normalized spacial score (nSPS) is 14.2. The van der Waals surface area contributed by atoms with Crippen molar-refractivity contribution in [3.8, 4) is 0 Å². The summed E-state index contributed by atoms with van der Waals surface area (Å²) in [6.07, 6.45) is 2.63. The number of rotatable bonds is 6. The van der Waals surface area contributed by atoms with Gasteiger partial charge in [0.05, 0.1) is 17.9 Å². The SMILES string of the molecule is CN(Cc1cccc(CNC2CC2)n1)c1ccccc1. The molecule has 0 saturated heterocycles. The molecule has 20 heavy (non-hydrogen) atoms. The van der Waals surface area contributed by atoms with Gasteiger partial charge in [-0.1, -0.05) is 24.3 Å². The van der Waals surface area contributed by atoms with Gasteiger partial charge in [0, 0.05) is 25.3 Å². The third kappa shape index (κ3) is 3.58. The van der Waals surface area contributed by atoms with Gasteiger partial charge in [-0.15, -0.1) is 0 Å². The van der Waals surface area contributed by atoms with E-state index in [0.717, 1.165) is 30.5 Å². The Morgan fingerprint density at radius 2 is 1.80 bits per heavy atom. The quantitative estimate of drug-likeness (QED) is 0.872. The third-order valence-electron chi connectivity index (χ3n) is 3.61. The Morgan fingerprint density at radius 3 is 2.55 bits per heavy atom. The zero-order valence-corrected chi connectivity index (χ0v) is 11.9. The zero-order chi connectivity index (χ0) is 13.8. The van der Waals surface area contributed by atoms with Crippen LogP contribution in [0.15, 0.2) is 48.5 Å². The van der Waals surface area contributed by atoms with E-state index in [1.807, 2.05) is 6.07 Å².